The van der Waals surface area contributed by atoms with Crippen molar-refractivity contribution in [2.75, 3.05) is 0 Å². The summed E-state index contributed by atoms with van der Waals surface area (Å²) >= 11 is 3.36. The maximum absolute atomic E-state index is 13.6. The fourth-order valence-electron chi connectivity index (χ4n) is 1.67. The van der Waals surface area contributed by atoms with E-state index in [-0.39, 0.29) is 5.75 Å². The fourth-order valence-corrected chi connectivity index (χ4v) is 2.14. The number of aliphatic hydroxyl groups is 1. The van der Waals surface area contributed by atoms with E-state index in [0.29, 0.717) is 10.2 Å². The van der Waals surface area contributed by atoms with Crippen molar-refractivity contribution in [1.29, 1.82) is 0 Å². The lowest BCUT2D eigenvalue weighted by atomic mass is 10.1. The molecule has 0 bridgehead atoms. The molecule has 0 amide bonds. The van der Waals surface area contributed by atoms with E-state index in [9.17, 15) is 9.50 Å². The van der Waals surface area contributed by atoms with Crippen LogP contribution in [0.4, 0.5) is 4.39 Å². The first-order valence-corrected chi connectivity index (χ1v) is 6.68. The highest BCUT2D eigenvalue weighted by Crippen LogP contribution is 2.33. The largest absolute Gasteiger partial charge is 0.453 e. The van der Waals surface area contributed by atoms with E-state index in [2.05, 4.69) is 15.9 Å². The van der Waals surface area contributed by atoms with Crippen LogP contribution < -0.4 is 4.74 Å². The van der Waals surface area contributed by atoms with E-state index >= 15 is 0 Å². The standard InChI is InChI=1S/C15H14BrFO2/c1-9-3-5-13(17)15(7-9)19-14-6-4-11(10(2)18)8-12(14)16/h3-8,10,18H,1-2H3/t10-/m0/s1. The number of halogens is 2. The van der Waals surface area contributed by atoms with Crippen LogP contribution in [-0.2, 0) is 0 Å². The number of hydrogen-bond acceptors (Lipinski definition) is 2. The van der Waals surface area contributed by atoms with Crippen molar-refractivity contribution >= 4 is 15.9 Å². The van der Waals surface area contributed by atoms with Gasteiger partial charge in [0.1, 0.15) is 5.75 Å². The predicted molar refractivity (Wildman–Crippen MR) is 76.0 cm³/mol. The Balaban J connectivity index is 2.31. The Kier molecular flexibility index (Phi) is 4.22. The van der Waals surface area contributed by atoms with E-state index < -0.39 is 11.9 Å². The summed E-state index contributed by atoms with van der Waals surface area (Å²) in [6, 6.07) is 9.92. The molecule has 2 aromatic carbocycles. The summed E-state index contributed by atoms with van der Waals surface area (Å²) in [6.45, 7) is 3.56. The molecule has 100 valence electrons. The summed E-state index contributed by atoms with van der Waals surface area (Å²) in [5.74, 6) is 0.288. The number of hydrogen-bond donors (Lipinski definition) is 1. The third kappa shape index (κ3) is 3.33. The molecule has 0 heterocycles. The van der Waals surface area contributed by atoms with Gasteiger partial charge in [-0.3, -0.25) is 0 Å². The normalized spacial score (nSPS) is 12.3. The van der Waals surface area contributed by atoms with Crippen molar-refractivity contribution in [2.24, 2.45) is 0 Å². The van der Waals surface area contributed by atoms with Gasteiger partial charge in [-0.15, -0.1) is 0 Å². The van der Waals surface area contributed by atoms with Gasteiger partial charge < -0.3 is 9.84 Å². The van der Waals surface area contributed by atoms with E-state index in [4.69, 9.17) is 4.74 Å². The van der Waals surface area contributed by atoms with Crippen molar-refractivity contribution in [1.82, 2.24) is 0 Å². The molecular weight excluding hydrogens is 311 g/mol. The molecule has 0 saturated heterocycles. The highest BCUT2D eigenvalue weighted by atomic mass is 79.9. The second-order valence-corrected chi connectivity index (χ2v) is 5.26. The molecule has 2 rings (SSSR count). The number of aryl methyl sites for hydroxylation is 1. The minimum Gasteiger partial charge on any atom is -0.453 e. The van der Waals surface area contributed by atoms with E-state index in [1.807, 2.05) is 6.92 Å². The van der Waals surface area contributed by atoms with Crippen LogP contribution in [0, 0.1) is 12.7 Å². The zero-order valence-corrected chi connectivity index (χ0v) is 12.2. The van der Waals surface area contributed by atoms with Gasteiger partial charge in [0.15, 0.2) is 11.6 Å². The van der Waals surface area contributed by atoms with Gasteiger partial charge in [0, 0.05) is 0 Å². The maximum atomic E-state index is 13.6. The lowest BCUT2D eigenvalue weighted by Gasteiger charge is -2.11. The number of benzene rings is 2. The van der Waals surface area contributed by atoms with Crippen LogP contribution >= 0.6 is 15.9 Å². The molecule has 2 aromatic rings. The van der Waals surface area contributed by atoms with Crippen LogP contribution in [0.3, 0.4) is 0 Å². The molecule has 0 unspecified atom stereocenters. The monoisotopic (exact) mass is 324 g/mol. The van der Waals surface area contributed by atoms with Crippen LogP contribution in [0.2, 0.25) is 0 Å². The first-order valence-electron chi connectivity index (χ1n) is 5.89. The van der Waals surface area contributed by atoms with Crippen molar-refractivity contribution in [3.63, 3.8) is 0 Å². The molecule has 0 fully saturated rings. The summed E-state index contributed by atoms with van der Waals surface area (Å²) in [7, 11) is 0. The molecular formula is C15H14BrFO2. The average molecular weight is 325 g/mol. The Bertz CT molecular complexity index is 597. The van der Waals surface area contributed by atoms with Crippen LogP contribution in [0.15, 0.2) is 40.9 Å². The van der Waals surface area contributed by atoms with Gasteiger partial charge in [0.2, 0.25) is 0 Å². The quantitative estimate of drug-likeness (QED) is 0.883. The molecule has 1 atom stereocenters. The van der Waals surface area contributed by atoms with Crippen LogP contribution in [0.1, 0.15) is 24.2 Å². The molecule has 1 N–H and O–H groups in total. The minimum atomic E-state index is -0.555. The Labute approximate surface area is 120 Å². The van der Waals surface area contributed by atoms with Gasteiger partial charge in [0.25, 0.3) is 0 Å². The molecule has 0 aliphatic carbocycles. The summed E-state index contributed by atoms with van der Waals surface area (Å²) in [6.07, 6.45) is -0.555. The highest BCUT2D eigenvalue weighted by molar-refractivity contribution is 9.10. The van der Waals surface area contributed by atoms with Gasteiger partial charge in [-0.25, -0.2) is 4.39 Å². The molecule has 0 aliphatic rings. The van der Waals surface area contributed by atoms with Crippen molar-refractivity contribution < 1.29 is 14.2 Å². The van der Waals surface area contributed by atoms with E-state index in [0.717, 1.165) is 11.1 Å². The van der Waals surface area contributed by atoms with Gasteiger partial charge in [-0.2, -0.15) is 0 Å². The summed E-state index contributed by atoms with van der Waals surface area (Å²) in [5, 5.41) is 9.49. The molecule has 4 heteroatoms. The molecule has 0 saturated carbocycles. The molecule has 19 heavy (non-hydrogen) atoms. The zero-order chi connectivity index (χ0) is 14.0. The topological polar surface area (TPSA) is 29.5 Å². The smallest absolute Gasteiger partial charge is 0.165 e. The second-order valence-electron chi connectivity index (χ2n) is 4.40. The first-order chi connectivity index (χ1) is 8.97. The van der Waals surface area contributed by atoms with E-state index in [1.54, 1.807) is 37.3 Å². The van der Waals surface area contributed by atoms with Gasteiger partial charge in [-0.1, -0.05) is 12.1 Å². The highest BCUT2D eigenvalue weighted by Gasteiger charge is 2.10. The van der Waals surface area contributed by atoms with Crippen molar-refractivity contribution in [3.05, 3.63) is 57.8 Å². The molecule has 0 spiro atoms. The van der Waals surface area contributed by atoms with E-state index in [1.165, 1.54) is 6.07 Å². The third-order valence-electron chi connectivity index (χ3n) is 2.74. The van der Waals surface area contributed by atoms with Crippen LogP contribution in [0.5, 0.6) is 11.5 Å². The van der Waals surface area contributed by atoms with Gasteiger partial charge in [-0.05, 0) is 65.2 Å². The first kappa shape index (κ1) is 14.0. The second kappa shape index (κ2) is 5.72. The minimum absolute atomic E-state index is 0.186. The summed E-state index contributed by atoms with van der Waals surface area (Å²) in [5.41, 5.74) is 1.69. The van der Waals surface area contributed by atoms with Gasteiger partial charge >= 0.3 is 0 Å². The maximum Gasteiger partial charge on any atom is 0.165 e. The lowest BCUT2D eigenvalue weighted by Crippen LogP contribution is -1.94. The van der Waals surface area contributed by atoms with Crippen molar-refractivity contribution in [3.8, 4) is 11.5 Å². The van der Waals surface area contributed by atoms with Gasteiger partial charge in [0.05, 0.1) is 10.6 Å². The number of rotatable bonds is 3. The Morgan fingerprint density at radius 1 is 1.16 bits per heavy atom. The number of ether oxygens (including phenoxy) is 1. The SMILES string of the molecule is Cc1ccc(F)c(Oc2ccc([C@H](C)O)cc2Br)c1. The molecule has 0 radical (unpaired) electrons. The zero-order valence-electron chi connectivity index (χ0n) is 10.7. The van der Waals surface area contributed by atoms with Crippen molar-refractivity contribution in [2.45, 2.75) is 20.0 Å². The third-order valence-corrected chi connectivity index (χ3v) is 3.36. The molecule has 0 aliphatic heterocycles. The Morgan fingerprint density at radius 3 is 2.53 bits per heavy atom. The fraction of sp³-hybridized carbons (Fsp3) is 0.200. The average Bonchev–Trinajstić information content (AvgIpc) is 2.36. The Morgan fingerprint density at radius 2 is 1.89 bits per heavy atom. The lowest BCUT2D eigenvalue weighted by molar-refractivity contribution is 0.199. The van der Waals surface area contributed by atoms with Crippen LogP contribution in [-0.4, -0.2) is 5.11 Å². The molecule has 2 nitrogen and oxygen atoms in total. The summed E-state index contributed by atoms with van der Waals surface area (Å²) in [4.78, 5) is 0. The Hall–Kier alpha value is -1.39. The predicted octanol–water partition coefficient (Wildman–Crippen LogP) is 4.74. The number of aliphatic hydroxyl groups excluding tert-OH is 1. The van der Waals surface area contributed by atoms with Crippen LogP contribution in [0.25, 0.3) is 0 Å². The molecule has 0 aromatic heterocycles. The summed E-state index contributed by atoms with van der Waals surface area (Å²) < 4.78 is 19.8.